The maximum atomic E-state index is 2.39. The van der Waals surface area contributed by atoms with E-state index in [0.29, 0.717) is 0 Å². The lowest BCUT2D eigenvalue weighted by molar-refractivity contribution is 1.08. The van der Waals surface area contributed by atoms with Crippen molar-refractivity contribution in [2.75, 3.05) is 0 Å². The monoisotopic (exact) mass is 626 g/mol. The molecule has 0 atom stereocenters. The number of thiophene rings is 4. The van der Waals surface area contributed by atoms with Crippen molar-refractivity contribution >= 4 is 45.3 Å². The fourth-order valence-corrected chi connectivity index (χ4v) is 8.62. The fraction of sp³-hybridized carbons (Fsp3) is 0.0270. The molecule has 208 valence electrons. The minimum Gasteiger partial charge on any atom is -0.308 e. The lowest BCUT2D eigenvalue weighted by atomic mass is 10.0. The van der Waals surface area contributed by atoms with Crippen LogP contribution in [-0.2, 0) is 6.42 Å². The Bertz CT molecular complexity index is 1800. The van der Waals surface area contributed by atoms with Crippen LogP contribution in [0.4, 0.5) is 0 Å². The van der Waals surface area contributed by atoms with Gasteiger partial charge in [-0.2, -0.15) is 0 Å². The van der Waals surface area contributed by atoms with Crippen LogP contribution in [0.3, 0.4) is 0 Å². The van der Waals surface area contributed by atoms with Gasteiger partial charge in [0.05, 0.1) is 42.3 Å². The summed E-state index contributed by atoms with van der Waals surface area (Å²) < 4.78 is 4.79. The molecule has 0 amide bonds. The molecule has 0 unspecified atom stereocenters. The van der Waals surface area contributed by atoms with Crippen LogP contribution in [0.1, 0.15) is 11.1 Å². The summed E-state index contributed by atoms with van der Waals surface area (Å²) in [6, 6.07) is 44.4. The van der Waals surface area contributed by atoms with Gasteiger partial charge in [-0.25, -0.2) is 0 Å². The minimum atomic E-state index is 0.892. The second kappa shape index (κ2) is 11.5. The quantitative estimate of drug-likeness (QED) is 0.159. The molecule has 2 aromatic carbocycles. The Morgan fingerprint density at radius 3 is 0.907 bits per heavy atom. The average Bonchev–Trinajstić information content (AvgIpc) is 3.89. The summed E-state index contributed by atoms with van der Waals surface area (Å²) in [4.78, 5) is 5.11. The van der Waals surface area contributed by atoms with Crippen LogP contribution in [0.15, 0.2) is 143 Å². The number of rotatable bonds is 8. The van der Waals surface area contributed by atoms with E-state index >= 15 is 0 Å². The van der Waals surface area contributed by atoms with E-state index in [9.17, 15) is 0 Å². The summed E-state index contributed by atoms with van der Waals surface area (Å²) in [5.41, 5.74) is 9.91. The lowest BCUT2D eigenvalue weighted by Gasteiger charge is -2.14. The zero-order valence-electron chi connectivity index (χ0n) is 23.1. The van der Waals surface area contributed by atoms with Crippen LogP contribution >= 0.6 is 45.3 Å². The van der Waals surface area contributed by atoms with Gasteiger partial charge < -0.3 is 9.13 Å². The second-order valence-electron chi connectivity index (χ2n) is 10.3. The van der Waals surface area contributed by atoms with Crippen LogP contribution in [0.25, 0.3) is 53.7 Å². The van der Waals surface area contributed by atoms with Gasteiger partial charge in [-0.3, -0.25) is 0 Å². The molecule has 0 fully saturated rings. The third-order valence-electron chi connectivity index (χ3n) is 7.65. The van der Waals surface area contributed by atoms with Gasteiger partial charge in [0, 0.05) is 11.4 Å². The Balaban J connectivity index is 1.09. The molecule has 6 heteroatoms. The molecule has 0 N–H and O–H groups in total. The van der Waals surface area contributed by atoms with Crippen molar-refractivity contribution in [3.63, 3.8) is 0 Å². The SMILES string of the molecule is c1csc(-c2ccc(-c3cccs3)n2-c2ccc(Cc3ccc(-n4c(-c5cccs5)ccc4-c4cccs4)cc3)cc2)c1. The van der Waals surface area contributed by atoms with Gasteiger partial charge >= 0.3 is 0 Å². The maximum absolute atomic E-state index is 2.39. The topological polar surface area (TPSA) is 9.86 Å². The van der Waals surface area contributed by atoms with Crippen molar-refractivity contribution < 1.29 is 0 Å². The number of aromatic nitrogens is 2. The standard InChI is InChI=1S/C37H26N2S4/c1-5-34(40-21-1)30-17-18-31(35-6-2-22-41-35)38(30)28-13-9-26(10-14-28)25-27-11-15-29(16-12-27)39-32(36-7-3-23-42-36)19-20-33(39)37-8-4-24-43-37/h1-24H,25H2. The largest absolute Gasteiger partial charge is 0.308 e. The molecule has 8 rings (SSSR count). The van der Waals surface area contributed by atoms with Gasteiger partial charge in [0.25, 0.3) is 0 Å². The first-order chi connectivity index (χ1) is 21.3. The average molecular weight is 627 g/mol. The molecule has 43 heavy (non-hydrogen) atoms. The number of hydrogen-bond donors (Lipinski definition) is 0. The maximum Gasteiger partial charge on any atom is 0.0635 e. The first-order valence-electron chi connectivity index (χ1n) is 14.1. The zero-order valence-corrected chi connectivity index (χ0v) is 26.4. The predicted octanol–water partition coefficient (Wildman–Crippen LogP) is 11.8. The van der Waals surface area contributed by atoms with E-state index in [1.807, 2.05) is 0 Å². The van der Waals surface area contributed by atoms with Crippen LogP contribution in [0.2, 0.25) is 0 Å². The molecule has 0 aliphatic heterocycles. The van der Waals surface area contributed by atoms with Gasteiger partial charge in [0.1, 0.15) is 0 Å². The summed E-state index contributed by atoms with van der Waals surface area (Å²) in [6.07, 6.45) is 0.892. The molecule has 0 bridgehead atoms. The van der Waals surface area contributed by atoms with Gasteiger partial charge in [-0.1, -0.05) is 48.5 Å². The predicted molar refractivity (Wildman–Crippen MR) is 188 cm³/mol. The highest BCUT2D eigenvalue weighted by atomic mass is 32.1. The third kappa shape index (κ3) is 5.07. The minimum absolute atomic E-state index is 0.892. The van der Waals surface area contributed by atoms with E-state index in [1.54, 1.807) is 45.3 Å². The van der Waals surface area contributed by atoms with Crippen LogP contribution in [0.5, 0.6) is 0 Å². The van der Waals surface area contributed by atoms with Crippen molar-refractivity contribution in [1.29, 1.82) is 0 Å². The lowest BCUT2D eigenvalue weighted by Crippen LogP contribution is -1.99. The highest BCUT2D eigenvalue weighted by molar-refractivity contribution is 7.14. The summed E-state index contributed by atoms with van der Waals surface area (Å²) in [5.74, 6) is 0. The Labute approximate surface area is 267 Å². The fourth-order valence-electron chi connectivity index (χ4n) is 5.66. The second-order valence-corrected chi connectivity index (χ2v) is 14.1. The Morgan fingerprint density at radius 1 is 0.349 bits per heavy atom. The summed E-state index contributed by atoms with van der Waals surface area (Å²) >= 11 is 7.13. The third-order valence-corrected chi connectivity index (χ3v) is 11.2. The van der Waals surface area contributed by atoms with Crippen LogP contribution in [0, 0.1) is 0 Å². The van der Waals surface area contributed by atoms with E-state index in [0.717, 1.165) is 6.42 Å². The van der Waals surface area contributed by atoms with Crippen molar-refractivity contribution in [1.82, 2.24) is 9.13 Å². The molecule has 0 saturated heterocycles. The molecular weight excluding hydrogens is 601 g/mol. The van der Waals surface area contributed by atoms with Gasteiger partial charge in [-0.05, 0) is 112 Å². The molecular formula is C37H26N2S4. The zero-order chi connectivity index (χ0) is 28.6. The van der Waals surface area contributed by atoms with E-state index in [4.69, 9.17) is 0 Å². The molecule has 0 aliphatic rings. The van der Waals surface area contributed by atoms with Crippen molar-refractivity contribution in [3.05, 3.63) is 154 Å². The van der Waals surface area contributed by atoms with Gasteiger partial charge in [0.2, 0.25) is 0 Å². The number of benzene rings is 2. The molecule has 0 spiro atoms. The van der Waals surface area contributed by atoms with E-state index in [2.05, 4.69) is 152 Å². The van der Waals surface area contributed by atoms with E-state index < -0.39 is 0 Å². The van der Waals surface area contributed by atoms with Crippen LogP contribution in [-0.4, -0.2) is 9.13 Å². The first kappa shape index (κ1) is 26.4. The van der Waals surface area contributed by atoms with Crippen molar-refractivity contribution in [2.24, 2.45) is 0 Å². The Morgan fingerprint density at radius 2 is 0.651 bits per heavy atom. The highest BCUT2D eigenvalue weighted by Crippen LogP contribution is 2.38. The molecule has 6 heterocycles. The number of nitrogens with zero attached hydrogens (tertiary/aromatic N) is 2. The Kier molecular flexibility index (Phi) is 7.05. The van der Waals surface area contributed by atoms with E-state index in [1.165, 1.54) is 64.8 Å². The first-order valence-corrected chi connectivity index (χ1v) is 17.6. The van der Waals surface area contributed by atoms with Gasteiger partial charge in [0.15, 0.2) is 0 Å². The van der Waals surface area contributed by atoms with Crippen molar-refractivity contribution in [2.45, 2.75) is 6.42 Å². The van der Waals surface area contributed by atoms with E-state index in [-0.39, 0.29) is 0 Å². The smallest absolute Gasteiger partial charge is 0.0635 e. The summed E-state index contributed by atoms with van der Waals surface area (Å²) in [5, 5.41) is 8.59. The highest BCUT2D eigenvalue weighted by Gasteiger charge is 2.16. The molecule has 6 aromatic heterocycles. The normalized spacial score (nSPS) is 11.3. The summed E-state index contributed by atoms with van der Waals surface area (Å²) in [6.45, 7) is 0. The van der Waals surface area contributed by atoms with Crippen molar-refractivity contribution in [3.8, 4) is 53.7 Å². The molecule has 0 aliphatic carbocycles. The molecule has 2 nitrogen and oxygen atoms in total. The van der Waals surface area contributed by atoms with Gasteiger partial charge in [-0.15, -0.1) is 45.3 Å². The molecule has 8 aromatic rings. The summed E-state index contributed by atoms with van der Waals surface area (Å²) in [7, 11) is 0. The molecule has 0 radical (unpaired) electrons. The number of hydrogen-bond acceptors (Lipinski definition) is 4. The molecule has 0 saturated carbocycles. The Hall–Kier alpha value is -4.20. The van der Waals surface area contributed by atoms with Crippen LogP contribution < -0.4 is 0 Å².